The van der Waals surface area contributed by atoms with E-state index in [1.54, 1.807) is 11.3 Å². The number of carbonyl (C=O) groups excluding carboxylic acids is 1. The van der Waals surface area contributed by atoms with Gasteiger partial charge in [-0.1, -0.05) is 6.42 Å². The van der Waals surface area contributed by atoms with Crippen molar-refractivity contribution in [2.45, 2.75) is 51.7 Å². The van der Waals surface area contributed by atoms with Gasteiger partial charge in [-0.15, -0.1) is 21.5 Å². The van der Waals surface area contributed by atoms with Gasteiger partial charge in [0.15, 0.2) is 5.82 Å². The van der Waals surface area contributed by atoms with Gasteiger partial charge in [-0.25, -0.2) is 4.79 Å². The summed E-state index contributed by atoms with van der Waals surface area (Å²) < 4.78 is 2.18. The maximum absolute atomic E-state index is 12.4. The minimum Gasteiger partial charge on any atom is -0.331 e. The molecule has 7 heteroatoms. The predicted octanol–water partition coefficient (Wildman–Crippen LogP) is 2.33. The predicted molar refractivity (Wildman–Crippen MR) is 88.2 cm³/mol. The van der Waals surface area contributed by atoms with Crippen LogP contribution in [0.25, 0.3) is 0 Å². The van der Waals surface area contributed by atoms with E-state index >= 15 is 0 Å². The van der Waals surface area contributed by atoms with E-state index in [9.17, 15) is 4.79 Å². The molecule has 4 heterocycles. The fourth-order valence-electron chi connectivity index (χ4n) is 3.36. The van der Waals surface area contributed by atoms with Crippen LogP contribution in [-0.2, 0) is 32.5 Å². The lowest BCUT2D eigenvalue weighted by atomic mass is 10.1. The number of thiophene rings is 1. The van der Waals surface area contributed by atoms with Crippen molar-refractivity contribution < 1.29 is 4.79 Å². The topological polar surface area (TPSA) is 63.1 Å². The molecule has 0 saturated heterocycles. The average Bonchev–Trinajstić information content (AvgIpc) is 3.12. The minimum absolute atomic E-state index is 0.00665. The van der Waals surface area contributed by atoms with Crippen molar-refractivity contribution >= 4 is 17.4 Å². The molecule has 6 nitrogen and oxygen atoms in total. The van der Waals surface area contributed by atoms with E-state index in [-0.39, 0.29) is 6.03 Å². The summed E-state index contributed by atoms with van der Waals surface area (Å²) in [6.45, 7) is 2.92. The van der Waals surface area contributed by atoms with Gasteiger partial charge < -0.3 is 14.8 Å². The van der Waals surface area contributed by atoms with Gasteiger partial charge in [0, 0.05) is 30.9 Å². The van der Waals surface area contributed by atoms with Crippen LogP contribution in [0.1, 0.15) is 41.4 Å². The summed E-state index contributed by atoms with van der Waals surface area (Å²) in [4.78, 5) is 15.7. The monoisotopic (exact) mass is 331 g/mol. The molecule has 2 aliphatic heterocycles. The number of carbonyl (C=O) groups is 1. The molecule has 2 amide bonds. The first-order valence-electron chi connectivity index (χ1n) is 8.30. The fourth-order valence-corrected chi connectivity index (χ4v) is 4.25. The Labute approximate surface area is 139 Å². The minimum atomic E-state index is -0.00665. The number of nitrogens with zero attached hydrogens (tertiary/aromatic N) is 4. The van der Waals surface area contributed by atoms with Crippen LogP contribution in [0.15, 0.2) is 11.4 Å². The Morgan fingerprint density at radius 2 is 2.17 bits per heavy atom. The van der Waals surface area contributed by atoms with Crippen LogP contribution in [0.3, 0.4) is 0 Å². The number of nitrogens with one attached hydrogen (secondary N) is 1. The van der Waals surface area contributed by atoms with Crippen molar-refractivity contribution in [3.63, 3.8) is 0 Å². The van der Waals surface area contributed by atoms with E-state index in [1.165, 1.54) is 29.7 Å². The van der Waals surface area contributed by atoms with Crippen LogP contribution in [0, 0.1) is 0 Å². The van der Waals surface area contributed by atoms with Gasteiger partial charge in [-0.05, 0) is 36.3 Å². The lowest BCUT2D eigenvalue weighted by Crippen LogP contribution is -2.42. The average molecular weight is 331 g/mol. The van der Waals surface area contributed by atoms with Gasteiger partial charge >= 0.3 is 6.03 Å². The molecule has 0 unspecified atom stereocenters. The number of amides is 2. The van der Waals surface area contributed by atoms with Gasteiger partial charge in [0.05, 0.1) is 6.54 Å². The van der Waals surface area contributed by atoms with Crippen molar-refractivity contribution in [3.05, 3.63) is 33.5 Å². The number of aromatic nitrogens is 3. The van der Waals surface area contributed by atoms with E-state index in [4.69, 9.17) is 0 Å². The van der Waals surface area contributed by atoms with Crippen LogP contribution in [-0.4, -0.2) is 32.2 Å². The summed E-state index contributed by atoms with van der Waals surface area (Å²) in [5, 5.41) is 13.7. The molecule has 2 aliphatic rings. The summed E-state index contributed by atoms with van der Waals surface area (Å²) in [5.74, 6) is 1.94. The normalized spacial score (nSPS) is 17.3. The maximum Gasteiger partial charge on any atom is 0.318 e. The third-order valence-corrected chi connectivity index (χ3v) is 5.70. The van der Waals surface area contributed by atoms with E-state index < -0.39 is 0 Å². The summed E-state index contributed by atoms with van der Waals surface area (Å²) in [6, 6.07) is 2.12. The number of urea groups is 1. The fraction of sp³-hybridized carbons (Fsp3) is 0.562. The number of hydrogen-bond acceptors (Lipinski definition) is 4. The Morgan fingerprint density at radius 1 is 1.22 bits per heavy atom. The maximum atomic E-state index is 12.4. The summed E-state index contributed by atoms with van der Waals surface area (Å²) >= 11 is 1.79. The van der Waals surface area contributed by atoms with Crippen LogP contribution >= 0.6 is 11.3 Å². The smallest absolute Gasteiger partial charge is 0.318 e. The summed E-state index contributed by atoms with van der Waals surface area (Å²) in [6.07, 6.45) is 5.54. The SMILES string of the molecule is O=C(NCc1nnc2n1CCCCC2)N1CCc2sccc2C1. The quantitative estimate of drug-likeness (QED) is 0.919. The Hall–Kier alpha value is -1.89. The molecule has 0 radical (unpaired) electrons. The molecule has 1 N–H and O–H groups in total. The van der Waals surface area contributed by atoms with Crippen LogP contribution in [0.2, 0.25) is 0 Å². The van der Waals surface area contributed by atoms with Crippen LogP contribution < -0.4 is 5.32 Å². The lowest BCUT2D eigenvalue weighted by Gasteiger charge is -2.27. The molecule has 2 aromatic rings. The van der Waals surface area contributed by atoms with E-state index in [1.807, 2.05) is 4.90 Å². The van der Waals surface area contributed by atoms with E-state index in [2.05, 4.69) is 31.5 Å². The second-order valence-electron chi connectivity index (χ2n) is 6.19. The first-order valence-corrected chi connectivity index (χ1v) is 9.18. The van der Waals surface area contributed by atoms with Crippen molar-refractivity contribution in [2.24, 2.45) is 0 Å². The Morgan fingerprint density at radius 3 is 3.13 bits per heavy atom. The van der Waals surface area contributed by atoms with Crippen molar-refractivity contribution in [2.75, 3.05) is 6.54 Å². The van der Waals surface area contributed by atoms with Crippen molar-refractivity contribution in [1.82, 2.24) is 25.0 Å². The molecule has 2 aromatic heterocycles. The van der Waals surface area contributed by atoms with Crippen molar-refractivity contribution in [1.29, 1.82) is 0 Å². The first kappa shape index (κ1) is 14.7. The standard InChI is InChI=1S/C16H21N5OS/c22-16(20-8-5-13-12(11-20)6-9-23-13)17-10-15-19-18-14-4-2-1-3-7-21(14)15/h6,9H,1-5,7-8,10-11H2,(H,17,22). The molecule has 0 spiro atoms. The van der Waals surface area contributed by atoms with Crippen LogP contribution in [0.5, 0.6) is 0 Å². The summed E-state index contributed by atoms with van der Waals surface area (Å²) in [7, 11) is 0. The molecule has 0 saturated carbocycles. The zero-order valence-corrected chi connectivity index (χ0v) is 13.9. The highest BCUT2D eigenvalue weighted by Gasteiger charge is 2.22. The van der Waals surface area contributed by atoms with Gasteiger partial charge in [-0.2, -0.15) is 0 Å². The van der Waals surface area contributed by atoms with Gasteiger partial charge in [0.25, 0.3) is 0 Å². The highest BCUT2D eigenvalue weighted by molar-refractivity contribution is 7.10. The number of aryl methyl sites for hydroxylation is 1. The van der Waals surface area contributed by atoms with Gasteiger partial charge in [-0.3, -0.25) is 0 Å². The molecular weight excluding hydrogens is 310 g/mol. The highest BCUT2D eigenvalue weighted by atomic mass is 32.1. The number of rotatable bonds is 2. The molecule has 4 rings (SSSR count). The Bertz CT molecular complexity index is 707. The van der Waals surface area contributed by atoms with Gasteiger partial charge in [0.1, 0.15) is 5.82 Å². The Balaban J connectivity index is 1.38. The molecular formula is C16H21N5OS. The highest BCUT2D eigenvalue weighted by Crippen LogP contribution is 2.24. The summed E-state index contributed by atoms with van der Waals surface area (Å²) in [5.41, 5.74) is 1.28. The lowest BCUT2D eigenvalue weighted by molar-refractivity contribution is 0.192. The second-order valence-corrected chi connectivity index (χ2v) is 7.19. The molecule has 122 valence electrons. The molecule has 0 aromatic carbocycles. The third-order valence-electron chi connectivity index (χ3n) is 4.68. The third kappa shape index (κ3) is 2.97. The van der Waals surface area contributed by atoms with E-state index in [0.717, 1.165) is 37.6 Å². The van der Waals surface area contributed by atoms with Crippen LogP contribution in [0.4, 0.5) is 4.79 Å². The molecule has 0 atom stereocenters. The van der Waals surface area contributed by atoms with E-state index in [0.29, 0.717) is 13.1 Å². The van der Waals surface area contributed by atoms with Gasteiger partial charge in [0.2, 0.25) is 0 Å². The van der Waals surface area contributed by atoms with Crippen molar-refractivity contribution in [3.8, 4) is 0 Å². The number of hydrogen-bond donors (Lipinski definition) is 1. The zero-order valence-electron chi connectivity index (χ0n) is 13.1. The molecule has 23 heavy (non-hydrogen) atoms. The zero-order chi connectivity index (χ0) is 15.6. The number of fused-ring (bicyclic) bond motifs is 2. The largest absolute Gasteiger partial charge is 0.331 e. The molecule has 0 fully saturated rings. The second kappa shape index (κ2) is 6.31. The first-order chi connectivity index (χ1) is 11.3. The molecule has 0 aliphatic carbocycles. The Kier molecular flexibility index (Phi) is 4.03. The molecule has 0 bridgehead atoms.